The Labute approximate surface area is 82.2 Å². The molecule has 1 aromatic carbocycles. The summed E-state index contributed by atoms with van der Waals surface area (Å²) in [6.07, 6.45) is -0.933. The second-order valence-electron chi connectivity index (χ2n) is 3.48. The van der Waals surface area contributed by atoms with Gasteiger partial charge in [-0.15, -0.1) is 0 Å². The molecule has 4 heteroatoms. The fourth-order valence-electron chi connectivity index (χ4n) is 1.56. The van der Waals surface area contributed by atoms with E-state index in [0.717, 1.165) is 11.3 Å². The molecular weight excluding hydrogens is 180 g/mol. The van der Waals surface area contributed by atoms with Crippen LogP contribution in [-0.2, 0) is 0 Å². The first-order chi connectivity index (χ1) is 6.59. The van der Waals surface area contributed by atoms with E-state index in [4.69, 9.17) is 0 Å². The molecule has 0 saturated carbocycles. The van der Waals surface area contributed by atoms with Crippen molar-refractivity contribution in [3.8, 4) is 0 Å². The zero-order valence-corrected chi connectivity index (χ0v) is 8.11. The molecule has 14 heavy (non-hydrogen) atoms. The molecule has 1 heterocycles. The molecule has 0 radical (unpaired) electrons. The fourth-order valence-corrected chi connectivity index (χ4v) is 1.56. The third kappa shape index (κ3) is 1.24. The van der Waals surface area contributed by atoms with Crippen molar-refractivity contribution >= 4 is 11.6 Å². The van der Waals surface area contributed by atoms with E-state index in [9.17, 15) is 9.90 Å². The lowest BCUT2D eigenvalue weighted by molar-refractivity contribution is 0.0757. The minimum atomic E-state index is -0.933. The molecule has 2 N–H and O–H groups in total. The van der Waals surface area contributed by atoms with Crippen molar-refractivity contribution in [2.24, 2.45) is 0 Å². The van der Waals surface area contributed by atoms with Crippen LogP contribution in [-0.4, -0.2) is 24.4 Å². The number of hydrogen-bond donors (Lipinski definition) is 2. The molecule has 74 valence electrons. The molecule has 0 fully saturated rings. The van der Waals surface area contributed by atoms with E-state index < -0.39 is 6.35 Å². The maximum atomic E-state index is 11.5. The molecule has 4 nitrogen and oxygen atoms in total. The standard InChI is InChI=1S/C10H12N2O2/c1-6-3-4-8-7(5-6)9(13)11-10(14)12(8)2/h3-5,10,14H,1-2H3,(H,11,13). The molecule has 0 aliphatic carbocycles. The Morgan fingerprint density at radius 1 is 1.50 bits per heavy atom. The van der Waals surface area contributed by atoms with E-state index >= 15 is 0 Å². The van der Waals surface area contributed by atoms with Crippen molar-refractivity contribution in [1.82, 2.24) is 5.32 Å². The van der Waals surface area contributed by atoms with Gasteiger partial charge in [-0.3, -0.25) is 4.79 Å². The van der Waals surface area contributed by atoms with Gasteiger partial charge < -0.3 is 15.3 Å². The first-order valence-corrected chi connectivity index (χ1v) is 4.42. The number of carbonyl (C=O) groups is 1. The Morgan fingerprint density at radius 3 is 2.93 bits per heavy atom. The Hall–Kier alpha value is -1.55. The zero-order valence-electron chi connectivity index (χ0n) is 8.11. The summed E-state index contributed by atoms with van der Waals surface area (Å²) in [5, 5.41) is 11.9. The molecule has 1 unspecified atom stereocenters. The predicted molar refractivity (Wildman–Crippen MR) is 53.1 cm³/mol. The highest BCUT2D eigenvalue weighted by atomic mass is 16.3. The first-order valence-electron chi connectivity index (χ1n) is 4.42. The van der Waals surface area contributed by atoms with Gasteiger partial charge in [-0.05, 0) is 19.1 Å². The van der Waals surface area contributed by atoms with Gasteiger partial charge >= 0.3 is 0 Å². The van der Waals surface area contributed by atoms with Crippen LogP contribution in [0.1, 0.15) is 15.9 Å². The van der Waals surface area contributed by atoms with Gasteiger partial charge in [0.2, 0.25) is 6.35 Å². The van der Waals surface area contributed by atoms with Gasteiger partial charge in [0.25, 0.3) is 5.91 Å². The van der Waals surface area contributed by atoms with Crippen molar-refractivity contribution in [2.45, 2.75) is 13.3 Å². The summed E-state index contributed by atoms with van der Waals surface area (Å²) >= 11 is 0. The van der Waals surface area contributed by atoms with Crippen molar-refractivity contribution < 1.29 is 9.90 Å². The summed E-state index contributed by atoms with van der Waals surface area (Å²) in [5.41, 5.74) is 2.40. The van der Waals surface area contributed by atoms with Crippen LogP contribution >= 0.6 is 0 Å². The number of carbonyl (C=O) groups excluding carboxylic acids is 1. The second-order valence-corrected chi connectivity index (χ2v) is 3.48. The Kier molecular flexibility index (Phi) is 1.93. The van der Waals surface area contributed by atoms with E-state index in [1.54, 1.807) is 11.9 Å². The highest BCUT2D eigenvalue weighted by Gasteiger charge is 2.26. The predicted octanol–water partition coefficient (Wildman–Crippen LogP) is 0.451. The first kappa shape index (κ1) is 9.02. The van der Waals surface area contributed by atoms with Crippen LogP contribution in [0.5, 0.6) is 0 Å². The zero-order chi connectivity index (χ0) is 10.3. The molecule has 1 aliphatic heterocycles. The molecule has 1 atom stereocenters. The number of nitrogens with one attached hydrogen (secondary N) is 1. The lowest BCUT2D eigenvalue weighted by Crippen LogP contribution is -2.50. The van der Waals surface area contributed by atoms with Gasteiger partial charge in [0.1, 0.15) is 0 Å². The summed E-state index contributed by atoms with van der Waals surface area (Å²) < 4.78 is 0. The van der Waals surface area contributed by atoms with Crippen LogP contribution in [0.25, 0.3) is 0 Å². The quantitative estimate of drug-likeness (QED) is 0.627. The lowest BCUT2D eigenvalue weighted by atomic mass is 10.1. The molecule has 0 aromatic heterocycles. The lowest BCUT2D eigenvalue weighted by Gasteiger charge is -2.32. The number of amides is 1. The number of fused-ring (bicyclic) bond motifs is 1. The number of aliphatic hydroxyl groups is 1. The second kappa shape index (κ2) is 2.99. The summed E-state index contributed by atoms with van der Waals surface area (Å²) in [7, 11) is 1.73. The number of nitrogens with zero attached hydrogens (tertiary/aromatic N) is 1. The van der Waals surface area contributed by atoms with Gasteiger partial charge in [-0.2, -0.15) is 0 Å². The smallest absolute Gasteiger partial charge is 0.256 e. The molecule has 0 saturated heterocycles. The topological polar surface area (TPSA) is 52.6 Å². The van der Waals surface area contributed by atoms with Crippen LogP contribution in [0, 0.1) is 6.92 Å². The average molecular weight is 192 g/mol. The Morgan fingerprint density at radius 2 is 2.21 bits per heavy atom. The van der Waals surface area contributed by atoms with E-state index in [1.165, 1.54) is 0 Å². The van der Waals surface area contributed by atoms with Gasteiger partial charge in [-0.25, -0.2) is 0 Å². The maximum Gasteiger partial charge on any atom is 0.256 e. The summed E-state index contributed by atoms with van der Waals surface area (Å²) in [6, 6.07) is 5.57. The van der Waals surface area contributed by atoms with Gasteiger partial charge in [0, 0.05) is 7.05 Å². The van der Waals surface area contributed by atoms with E-state index in [1.807, 2.05) is 25.1 Å². The normalized spacial score (nSPS) is 20.4. The number of hydrogen-bond acceptors (Lipinski definition) is 3. The third-order valence-corrected chi connectivity index (χ3v) is 2.40. The Bertz CT molecular complexity index is 390. The molecule has 0 spiro atoms. The fraction of sp³-hybridized carbons (Fsp3) is 0.300. The third-order valence-electron chi connectivity index (χ3n) is 2.40. The summed E-state index contributed by atoms with van der Waals surface area (Å²) in [6.45, 7) is 1.93. The number of benzene rings is 1. The monoisotopic (exact) mass is 192 g/mol. The summed E-state index contributed by atoms with van der Waals surface area (Å²) in [5.74, 6) is -0.227. The largest absolute Gasteiger partial charge is 0.356 e. The number of aryl methyl sites for hydroxylation is 1. The van der Waals surface area contributed by atoms with E-state index in [2.05, 4.69) is 5.32 Å². The van der Waals surface area contributed by atoms with Crippen LogP contribution in [0.15, 0.2) is 18.2 Å². The van der Waals surface area contributed by atoms with Gasteiger partial charge in [0.15, 0.2) is 0 Å². The van der Waals surface area contributed by atoms with E-state index in [0.29, 0.717) is 5.56 Å². The van der Waals surface area contributed by atoms with Crippen LogP contribution < -0.4 is 10.2 Å². The van der Waals surface area contributed by atoms with Crippen molar-refractivity contribution in [3.05, 3.63) is 29.3 Å². The molecule has 2 rings (SSSR count). The molecular formula is C10H12N2O2. The molecule has 1 amide bonds. The van der Waals surface area contributed by atoms with Crippen molar-refractivity contribution in [1.29, 1.82) is 0 Å². The number of rotatable bonds is 0. The molecule has 1 aromatic rings. The number of aliphatic hydroxyl groups excluding tert-OH is 1. The average Bonchev–Trinajstić information content (AvgIpc) is 2.14. The van der Waals surface area contributed by atoms with Gasteiger partial charge in [0.05, 0.1) is 11.3 Å². The minimum Gasteiger partial charge on any atom is -0.356 e. The van der Waals surface area contributed by atoms with Crippen LogP contribution in [0.2, 0.25) is 0 Å². The SMILES string of the molecule is Cc1ccc2c(c1)C(=O)NC(O)N2C. The minimum absolute atomic E-state index is 0.227. The summed E-state index contributed by atoms with van der Waals surface area (Å²) in [4.78, 5) is 13.1. The highest BCUT2D eigenvalue weighted by Crippen LogP contribution is 2.24. The highest BCUT2D eigenvalue weighted by molar-refractivity contribution is 6.01. The van der Waals surface area contributed by atoms with Crippen molar-refractivity contribution in [2.75, 3.05) is 11.9 Å². The molecule has 0 bridgehead atoms. The van der Waals surface area contributed by atoms with Gasteiger partial charge in [-0.1, -0.05) is 11.6 Å². The van der Waals surface area contributed by atoms with Crippen LogP contribution in [0.4, 0.5) is 5.69 Å². The number of anilines is 1. The maximum absolute atomic E-state index is 11.5. The Balaban J connectivity index is 2.56. The van der Waals surface area contributed by atoms with Crippen LogP contribution in [0.3, 0.4) is 0 Å². The van der Waals surface area contributed by atoms with E-state index in [-0.39, 0.29) is 5.91 Å². The molecule has 1 aliphatic rings. The van der Waals surface area contributed by atoms with Crippen molar-refractivity contribution in [3.63, 3.8) is 0 Å².